The Kier molecular flexibility index (Phi) is 5.25. The third kappa shape index (κ3) is 3.71. The summed E-state index contributed by atoms with van der Waals surface area (Å²) in [5.41, 5.74) is 2.93. The summed E-state index contributed by atoms with van der Waals surface area (Å²) in [6.45, 7) is 3.77. The molecule has 0 amide bonds. The molecule has 0 fully saturated rings. The predicted molar refractivity (Wildman–Crippen MR) is 106 cm³/mol. The average molecular weight is 395 g/mol. The lowest BCUT2D eigenvalue weighted by atomic mass is 10.1. The summed E-state index contributed by atoms with van der Waals surface area (Å²) < 4.78 is 25.1. The minimum absolute atomic E-state index is 0.0336. The molecular formula is C21H18FN3O2S. The molecule has 142 valence electrons. The highest BCUT2D eigenvalue weighted by atomic mass is 32.2. The molecule has 4 aromatic rings. The second kappa shape index (κ2) is 7.98. The molecule has 1 atom stereocenters. The Morgan fingerprint density at radius 3 is 2.57 bits per heavy atom. The fraction of sp³-hybridized carbons (Fsp3) is 0.190. The third-order valence-electron chi connectivity index (χ3n) is 4.39. The number of aromatic nitrogens is 3. The van der Waals surface area contributed by atoms with Gasteiger partial charge in [0.2, 0.25) is 5.89 Å². The minimum atomic E-state index is -0.207. The van der Waals surface area contributed by atoms with Crippen LogP contribution in [-0.2, 0) is 5.75 Å². The number of nitrogens with zero attached hydrogens (tertiary/aromatic N) is 3. The summed E-state index contributed by atoms with van der Waals surface area (Å²) in [7, 11) is 0. The maximum atomic E-state index is 13.9. The zero-order valence-electron chi connectivity index (χ0n) is 15.4. The first-order chi connectivity index (χ1) is 13.6. The fourth-order valence-corrected chi connectivity index (χ4v) is 3.80. The van der Waals surface area contributed by atoms with E-state index in [1.807, 2.05) is 50.2 Å². The zero-order chi connectivity index (χ0) is 19.5. The molecule has 2 heterocycles. The van der Waals surface area contributed by atoms with Crippen molar-refractivity contribution in [2.45, 2.75) is 24.9 Å². The molecule has 2 aromatic heterocycles. The molecule has 0 spiro atoms. The normalized spacial score (nSPS) is 12.2. The van der Waals surface area contributed by atoms with Gasteiger partial charge in [-0.3, -0.25) is 0 Å². The van der Waals surface area contributed by atoms with Crippen LogP contribution in [0.4, 0.5) is 4.39 Å². The van der Waals surface area contributed by atoms with Crippen LogP contribution in [0.25, 0.3) is 22.7 Å². The SMILES string of the molecule is Cc1onc(-c2ccccc2)c1-c1nnc(CSC(C)c2ccccc2F)o1. The predicted octanol–water partition coefficient (Wildman–Crippen LogP) is 5.83. The lowest BCUT2D eigenvalue weighted by Gasteiger charge is -2.10. The van der Waals surface area contributed by atoms with Gasteiger partial charge in [-0.15, -0.1) is 22.0 Å². The molecule has 0 aliphatic heterocycles. The van der Waals surface area contributed by atoms with Gasteiger partial charge in [-0.1, -0.05) is 53.7 Å². The molecule has 0 radical (unpaired) electrons. The van der Waals surface area contributed by atoms with Gasteiger partial charge in [-0.05, 0) is 19.9 Å². The fourth-order valence-electron chi connectivity index (χ4n) is 2.92. The second-order valence-electron chi connectivity index (χ2n) is 6.30. The van der Waals surface area contributed by atoms with E-state index in [9.17, 15) is 4.39 Å². The van der Waals surface area contributed by atoms with Crippen LogP contribution in [0.2, 0.25) is 0 Å². The van der Waals surface area contributed by atoms with Gasteiger partial charge in [0.25, 0.3) is 5.89 Å². The van der Waals surface area contributed by atoms with E-state index in [2.05, 4.69) is 15.4 Å². The lowest BCUT2D eigenvalue weighted by Crippen LogP contribution is -1.94. The Bertz CT molecular complexity index is 1080. The number of thioether (sulfide) groups is 1. The molecule has 28 heavy (non-hydrogen) atoms. The van der Waals surface area contributed by atoms with Crippen molar-refractivity contribution in [2.75, 3.05) is 0 Å². The highest BCUT2D eigenvalue weighted by molar-refractivity contribution is 7.98. The van der Waals surface area contributed by atoms with E-state index in [0.717, 1.165) is 5.56 Å². The van der Waals surface area contributed by atoms with E-state index in [1.54, 1.807) is 12.1 Å². The van der Waals surface area contributed by atoms with Gasteiger partial charge in [-0.2, -0.15) is 0 Å². The quantitative estimate of drug-likeness (QED) is 0.409. The minimum Gasteiger partial charge on any atom is -0.420 e. The largest absolute Gasteiger partial charge is 0.420 e. The van der Waals surface area contributed by atoms with E-state index < -0.39 is 0 Å². The van der Waals surface area contributed by atoms with Crippen molar-refractivity contribution in [3.8, 4) is 22.7 Å². The van der Waals surface area contributed by atoms with Gasteiger partial charge in [0, 0.05) is 16.4 Å². The lowest BCUT2D eigenvalue weighted by molar-refractivity contribution is 0.399. The number of halogens is 1. The van der Waals surface area contributed by atoms with E-state index >= 15 is 0 Å². The number of benzene rings is 2. The summed E-state index contributed by atoms with van der Waals surface area (Å²) in [5, 5.41) is 12.4. The molecule has 0 aliphatic rings. The van der Waals surface area contributed by atoms with Gasteiger partial charge in [0.1, 0.15) is 22.8 Å². The molecule has 4 rings (SSSR count). The van der Waals surface area contributed by atoms with Crippen LogP contribution in [-0.4, -0.2) is 15.4 Å². The van der Waals surface area contributed by atoms with Gasteiger partial charge in [-0.25, -0.2) is 4.39 Å². The first kappa shape index (κ1) is 18.4. The Morgan fingerprint density at radius 1 is 1.04 bits per heavy atom. The standard InChI is InChI=1S/C21H18FN3O2S/c1-13-19(20(25-27-13)15-8-4-3-5-9-15)21-24-23-18(26-21)12-28-14(2)16-10-6-7-11-17(16)22/h3-11,14H,12H2,1-2H3. The number of rotatable bonds is 6. The Balaban J connectivity index is 1.53. The van der Waals surface area contributed by atoms with Gasteiger partial charge in [0.05, 0.1) is 5.75 Å². The average Bonchev–Trinajstić information content (AvgIpc) is 3.33. The van der Waals surface area contributed by atoms with Crippen molar-refractivity contribution in [2.24, 2.45) is 0 Å². The summed E-state index contributed by atoms with van der Waals surface area (Å²) in [5.74, 6) is 1.73. The van der Waals surface area contributed by atoms with Crippen molar-refractivity contribution in [3.05, 3.63) is 77.6 Å². The molecule has 0 saturated carbocycles. The molecule has 7 heteroatoms. The number of hydrogen-bond acceptors (Lipinski definition) is 6. The molecular weight excluding hydrogens is 377 g/mol. The van der Waals surface area contributed by atoms with Crippen molar-refractivity contribution >= 4 is 11.8 Å². The van der Waals surface area contributed by atoms with Crippen LogP contribution in [0.15, 0.2) is 63.5 Å². The van der Waals surface area contributed by atoms with Crippen molar-refractivity contribution < 1.29 is 13.3 Å². The van der Waals surface area contributed by atoms with E-state index in [0.29, 0.717) is 40.1 Å². The van der Waals surface area contributed by atoms with Crippen molar-refractivity contribution in [1.82, 2.24) is 15.4 Å². The van der Waals surface area contributed by atoms with Crippen LogP contribution >= 0.6 is 11.8 Å². The Hall–Kier alpha value is -2.93. The molecule has 0 aliphatic carbocycles. The van der Waals surface area contributed by atoms with E-state index in [1.165, 1.54) is 17.8 Å². The summed E-state index contributed by atoms with van der Waals surface area (Å²) in [6.07, 6.45) is 0. The zero-order valence-corrected chi connectivity index (χ0v) is 16.2. The number of aryl methyl sites for hydroxylation is 1. The van der Waals surface area contributed by atoms with E-state index in [-0.39, 0.29) is 11.1 Å². The molecule has 0 N–H and O–H groups in total. The van der Waals surface area contributed by atoms with Gasteiger partial charge in [0.15, 0.2) is 0 Å². The maximum absolute atomic E-state index is 13.9. The summed E-state index contributed by atoms with van der Waals surface area (Å²) in [4.78, 5) is 0. The first-order valence-electron chi connectivity index (χ1n) is 8.84. The number of hydrogen-bond donors (Lipinski definition) is 0. The van der Waals surface area contributed by atoms with Crippen molar-refractivity contribution in [1.29, 1.82) is 0 Å². The molecule has 5 nitrogen and oxygen atoms in total. The highest BCUT2D eigenvalue weighted by Crippen LogP contribution is 2.35. The molecule has 0 bridgehead atoms. The topological polar surface area (TPSA) is 65.0 Å². The van der Waals surface area contributed by atoms with Gasteiger partial charge >= 0.3 is 0 Å². The van der Waals surface area contributed by atoms with E-state index in [4.69, 9.17) is 8.94 Å². The van der Waals surface area contributed by atoms with Crippen LogP contribution in [0.3, 0.4) is 0 Å². The molecule has 0 saturated heterocycles. The highest BCUT2D eigenvalue weighted by Gasteiger charge is 2.22. The smallest absolute Gasteiger partial charge is 0.253 e. The van der Waals surface area contributed by atoms with Crippen LogP contribution < -0.4 is 0 Å². The van der Waals surface area contributed by atoms with Crippen LogP contribution in [0.1, 0.15) is 29.4 Å². The monoisotopic (exact) mass is 395 g/mol. The second-order valence-corrected chi connectivity index (χ2v) is 7.63. The first-order valence-corrected chi connectivity index (χ1v) is 9.89. The molecule has 1 unspecified atom stereocenters. The maximum Gasteiger partial charge on any atom is 0.253 e. The Labute approximate surface area is 166 Å². The summed E-state index contributed by atoms with van der Waals surface area (Å²) in [6, 6.07) is 16.5. The molecule has 2 aromatic carbocycles. The Morgan fingerprint density at radius 2 is 1.79 bits per heavy atom. The third-order valence-corrected chi connectivity index (χ3v) is 5.56. The van der Waals surface area contributed by atoms with Crippen LogP contribution in [0.5, 0.6) is 0 Å². The van der Waals surface area contributed by atoms with Crippen molar-refractivity contribution in [3.63, 3.8) is 0 Å². The van der Waals surface area contributed by atoms with Crippen LogP contribution in [0, 0.1) is 12.7 Å². The van der Waals surface area contributed by atoms with Gasteiger partial charge < -0.3 is 8.94 Å². The summed E-state index contributed by atoms with van der Waals surface area (Å²) >= 11 is 1.54.